The summed E-state index contributed by atoms with van der Waals surface area (Å²) in [4.78, 5) is 0. The molecule has 0 bridgehead atoms. The fourth-order valence-corrected chi connectivity index (χ4v) is 2.05. The summed E-state index contributed by atoms with van der Waals surface area (Å²) in [5.41, 5.74) is 1.95. The highest BCUT2D eigenvalue weighted by Gasteiger charge is 1.99. The number of aromatic nitrogens is 2. The van der Waals surface area contributed by atoms with Crippen LogP contribution in [-0.4, -0.2) is 10.2 Å². The lowest BCUT2D eigenvalue weighted by molar-refractivity contribution is 0.670. The van der Waals surface area contributed by atoms with Gasteiger partial charge in [0.05, 0.1) is 5.69 Å². The van der Waals surface area contributed by atoms with Crippen LogP contribution in [0.1, 0.15) is 11.3 Å². The lowest BCUT2D eigenvalue weighted by atomic mass is 10.2. The third-order valence-corrected chi connectivity index (χ3v) is 2.62. The summed E-state index contributed by atoms with van der Waals surface area (Å²) in [5, 5.41) is 12.3. The molecule has 1 heterocycles. The van der Waals surface area contributed by atoms with Gasteiger partial charge in [-0.05, 0) is 35.9 Å². The van der Waals surface area contributed by atoms with Crippen LogP contribution in [0.4, 0.5) is 0 Å². The van der Waals surface area contributed by atoms with E-state index in [1.54, 1.807) is 12.3 Å². The molecule has 0 amide bonds. The predicted octanol–water partition coefficient (Wildman–Crippen LogP) is 3.07. The second kappa shape index (κ2) is 5.96. The lowest BCUT2D eigenvalue weighted by Gasteiger charge is -2.05. The van der Waals surface area contributed by atoms with Crippen LogP contribution in [0.5, 0.6) is 0 Å². The maximum Gasteiger partial charge on any atom is 0.0769 e. The van der Waals surface area contributed by atoms with E-state index in [4.69, 9.17) is 23.2 Å². The van der Waals surface area contributed by atoms with Crippen molar-refractivity contribution in [3.63, 3.8) is 0 Å². The standard InChI is InChI=1S/C12H11Cl2N3/c13-10-4-9(5-11(14)6-10)7-15-8-12-2-1-3-16-17-12/h1-6,15H,7-8H2. The van der Waals surface area contributed by atoms with Crippen LogP contribution in [0.3, 0.4) is 0 Å². The third kappa shape index (κ3) is 3.97. The minimum absolute atomic E-state index is 0.647. The molecular weight excluding hydrogens is 257 g/mol. The zero-order chi connectivity index (χ0) is 12.1. The van der Waals surface area contributed by atoms with Gasteiger partial charge >= 0.3 is 0 Å². The van der Waals surface area contributed by atoms with Gasteiger partial charge in [0.25, 0.3) is 0 Å². The van der Waals surface area contributed by atoms with E-state index in [2.05, 4.69) is 15.5 Å². The summed E-state index contributed by atoms with van der Waals surface area (Å²) in [7, 11) is 0. The highest BCUT2D eigenvalue weighted by atomic mass is 35.5. The molecule has 2 aromatic rings. The molecule has 1 aromatic heterocycles. The Morgan fingerprint density at radius 2 is 1.82 bits per heavy atom. The summed E-state index contributed by atoms with van der Waals surface area (Å²) in [5.74, 6) is 0. The molecular formula is C12H11Cl2N3. The van der Waals surface area contributed by atoms with E-state index in [-0.39, 0.29) is 0 Å². The van der Waals surface area contributed by atoms with Crippen molar-refractivity contribution in [1.82, 2.24) is 15.5 Å². The summed E-state index contributed by atoms with van der Waals surface area (Å²) in [6, 6.07) is 9.27. The molecule has 2 rings (SSSR count). The molecule has 0 unspecified atom stereocenters. The van der Waals surface area contributed by atoms with Gasteiger partial charge in [0.15, 0.2) is 0 Å². The highest BCUT2D eigenvalue weighted by Crippen LogP contribution is 2.18. The average molecular weight is 268 g/mol. The third-order valence-electron chi connectivity index (χ3n) is 2.19. The Morgan fingerprint density at radius 3 is 2.47 bits per heavy atom. The van der Waals surface area contributed by atoms with E-state index in [9.17, 15) is 0 Å². The Morgan fingerprint density at radius 1 is 1.06 bits per heavy atom. The van der Waals surface area contributed by atoms with Crippen molar-refractivity contribution in [1.29, 1.82) is 0 Å². The van der Waals surface area contributed by atoms with Crippen molar-refractivity contribution >= 4 is 23.2 Å². The first-order valence-corrected chi connectivity index (χ1v) is 5.92. The highest BCUT2D eigenvalue weighted by molar-refractivity contribution is 6.34. The smallest absolute Gasteiger partial charge is 0.0769 e. The van der Waals surface area contributed by atoms with E-state index >= 15 is 0 Å². The molecule has 0 saturated heterocycles. The maximum atomic E-state index is 5.91. The van der Waals surface area contributed by atoms with Crippen LogP contribution in [0.25, 0.3) is 0 Å². The van der Waals surface area contributed by atoms with Crippen molar-refractivity contribution in [2.45, 2.75) is 13.1 Å². The summed E-state index contributed by atoms with van der Waals surface area (Å²) in [6.07, 6.45) is 1.65. The molecule has 0 aliphatic heterocycles. The molecule has 1 aromatic carbocycles. The quantitative estimate of drug-likeness (QED) is 0.926. The van der Waals surface area contributed by atoms with Gasteiger partial charge in [-0.15, -0.1) is 0 Å². The van der Waals surface area contributed by atoms with Gasteiger partial charge in [0.1, 0.15) is 0 Å². The second-order valence-corrected chi connectivity index (χ2v) is 4.47. The molecule has 0 atom stereocenters. The SMILES string of the molecule is Clc1cc(Cl)cc(CNCc2cccnn2)c1. The molecule has 0 aliphatic rings. The van der Waals surface area contributed by atoms with Gasteiger partial charge in [-0.3, -0.25) is 0 Å². The summed E-state index contributed by atoms with van der Waals surface area (Å²) in [6.45, 7) is 1.36. The van der Waals surface area contributed by atoms with E-state index in [0.717, 1.165) is 11.3 Å². The lowest BCUT2D eigenvalue weighted by Crippen LogP contribution is -2.13. The predicted molar refractivity (Wildman–Crippen MR) is 69.0 cm³/mol. The van der Waals surface area contributed by atoms with E-state index in [1.807, 2.05) is 24.3 Å². The Bertz CT molecular complexity index is 468. The first-order chi connectivity index (χ1) is 8.24. The molecule has 0 radical (unpaired) electrons. The zero-order valence-electron chi connectivity index (χ0n) is 9.03. The number of hydrogen-bond donors (Lipinski definition) is 1. The van der Waals surface area contributed by atoms with Gasteiger partial charge in [0, 0.05) is 29.3 Å². The molecule has 0 spiro atoms. The van der Waals surface area contributed by atoms with Gasteiger partial charge < -0.3 is 5.32 Å². The molecule has 1 N–H and O–H groups in total. The number of hydrogen-bond acceptors (Lipinski definition) is 3. The molecule has 5 heteroatoms. The molecule has 0 saturated carbocycles. The van der Waals surface area contributed by atoms with Gasteiger partial charge in [0.2, 0.25) is 0 Å². The van der Waals surface area contributed by atoms with Gasteiger partial charge in [-0.2, -0.15) is 10.2 Å². The fourth-order valence-electron chi connectivity index (χ4n) is 1.48. The Kier molecular flexibility index (Phi) is 4.31. The van der Waals surface area contributed by atoms with Crippen molar-refractivity contribution < 1.29 is 0 Å². The number of rotatable bonds is 4. The number of nitrogens with zero attached hydrogens (tertiary/aromatic N) is 2. The average Bonchev–Trinajstić information content (AvgIpc) is 2.29. The topological polar surface area (TPSA) is 37.8 Å². The van der Waals surface area contributed by atoms with Crippen LogP contribution < -0.4 is 5.32 Å². The minimum atomic E-state index is 0.647. The zero-order valence-corrected chi connectivity index (χ0v) is 10.5. The largest absolute Gasteiger partial charge is 0.307 e. The van der Waals surface area contributed by atoms with E-state index in [0.29, 0.717) is 23.1 Å². The van der Waals surface area contributed by atoms with Crippen LogP contribution in [0, 0.1) is 0 Å². The van der Waals surface area contributed by atoms with Crippen molar-refractivity contribution in [3.05, 3.63) is 57.8 Å². The van der Waals surface area contributed by atoms with Crippen molar-refractivity contribution in [2.24, 2.45) is 0 Å². The van der Waals surface area contributed by atoms with E-state index < -0.39 is 0 Å². The summed E-state index contributed by atoms with van der Waals surface area (Å²) < 4.78 is 0. The number of nitrogens with one attached hydrogen (secondary N) is 1. The monoisotopic (exact) mass is 267 g/mol. The summed E-state index contributed by atoms with van der Waals surface area (Å²) >= 11 is 11.8. The Labute approximate surface area is 110 Å². The molecule has 0 aliphatic carbocycles. The number of benzene rings is 1. The van der Waals surface area contributed by atoms with Crippen LogP contribution >= 0.6 is 23.2 Å². The van der Waals surface area contributed by atoms with Crippen molar-refractivity contribution in [3.8, 4) is 0 Å². The van der Waals surface area contributed by atoms with Gasteiger partial charge in [-0.1, -0.05) is 23.2 Å². The number of halogens is 2. The van der Waals surface area contributed by atoms with Crippen LogP contribution in [0.15, 0.2) is 36.5 Å². The Balaban J connectivity index is 1.90. The fraction of sp³-hybridized carbons (Fsp3) is 0.167. The molecule has 3 nitrogen and oxygen atoms in total. The molecule has 17 heavy (non-hydrogen) atoms. The maximum absolute atomic E-state index is 5.91. The normalized spacial score (nSPS) is 10.5. The van der Waals surface area contributed by atoms with Crippen molar-refractivity contribution in [2.75, 3.05) is 0 Å². The minimum Gasteiger partial charge on any atom is -0.307 e. The van der Waals surface area contributed by atoms with Gasteiger partial charge in [-0.25, -0.2) is 0 Å². The van der Waals surface area contributed by atoms with E-state index in [1.165, 1.54) is 0 Å². The first-order valence-electron chi connectivity index (χ1n) is 5.16. The van der Waals surface area contributed by atoms with Crippen LogP contribution in [-0.2, 0) is 13.1 Å². The molecule has 0 fully saturated rings. The molecule has 88 valence electrons. The first kappa shape index (κ1) is 12.3. The van der Waals surface area contributed by atoms with Crippen LogP contribution in [0.2, 0.25) is 10.0 Å². The second-order valence-electron chi connectivity index (χ2n) is 3.60. The Hall–Kier alpha value is -1.16.